The topological polar surface area (TPSA) is 228 Å². The summed E-state index contributed by atoms with van der Waals surface area (Å²) in [7, 11) is 0. The minimum absolute atomic E-state index is 0.00196. The summed E-state index contributed by atoms with van der Waals surface area (Å²) in [6, 6.07) is 7.19. The third-order valence-corrected chi connectivity index (χ3v) is 7.04. The highest BCUT2D eigenvalue weighted by Gasteiger charge is 2.19. The van der Waals surface area contributed by atoms with Crippen LogP contribution in [0.3, 0.4) is 0 Å². The molecule has 0 spiro atoms. The van der Waals surface area contributed by atoms with Crippen molar-refractivity contribution in [1.82, 2.24) is 25.0 Å². The lowest BCUT2D eigenvalue weighted by Gasteiger charge is -2.14. The molecule has 0 saturated carbocycles. The Labute approximate surface area is 273 Å². The van der Waals surface area contributed by atoms with E-state index in [-0.39, 0.29) is 47.9 Å². The Kier molecular flexibility index (Phi) is 13.4. The van der Waals surface area contributed by atoms with E-state index in [1.165, 1.54) is 24.5 Å². The van der Waals surface area contributed by atoms with Crippen LogP contribution in [0.4, 0.5) is 20.3 Å². The third kappa shape index (κ3) is 9.57. The Balaban J connectivity index is 0.00000192. The van der Waals surface area contributed by atoms with Crippen molar-refractivity contribution in [2.75, 3.05) is 25.0 Å². The smallest absolute Gasteiger partial charge is 0.290 e. The molecule has 1 atom stereocenters. The lowest BCUT2D eigenvalue weighted by Crippen LogP contribution is -2.43. The molecule has 4 aromatic rings. The van der Waals surface area contributed by atoms with E-state index in [0.717, 1.165) is 5.56 Å². The van der Waals surface area contributed by atoms with Gasteiger partial charge in [-0.2, -0.15) is 0 Å². The van der Waals surface area contributed by atoms with Gasteiger partial charge in [-0.3, -0.25) is 23.8 Å². The summed E-state index contributed by atoms with van der Waals surface area (Å²) in [5, 5.41) is 15.3. The van der Waals surface area contributed by atoms with Crippen molar-refractivity contribution in [2.45, 2.75) is 32.2 Å². The normalized spacial score (nSPS) is 11.2. The molecule has 14 nitrogen and oxygen atoms in total. The Morgan fingerprint density at radius 3 is 2.55 bits per heavy atom. The van der Waals surface area contributed by atoms with Crippen LogP contribution in [0.25, 0.3) is 16.9 Å². The number of nitrogens with zero attached hydrogens (tertiary/aromatic N) is 4. The number of amides is 2. The number of hydrogen-bond acceptors (Lipinski definition) is 8. The lowest BCUT2D eigenvalue weighted by atomic mass is 10.0. The monoisotopic (exact) mass is 672 g/mol. The predicted molar refractivity (Wildman–Crippen MR) is 174 cm³/mol. The Morgan fingerprint density at radius 1 is 1.13 bits per heavy atom. The molecule has 2 heterocycles. The van der Waals surface area contributed by atoms with Gasteiger partial charge in [-0.05, 0) is 55.2 Å². The summed E-state index contributed by atoms with van der Waals surface area (Å²) in [6.45, 7) is 2.48. The highest BCUT2D eigenvalue weighted by Crippen LogP contribution is 2.31. The van der Waals surface area contributed by atoms with Crippen molar-refractivity contribution in [3.05, 3.63) is 76.7 Å². The van der Waals surface area contributed by atoms with Crippen LogP contribution in [-0.2, 0) is 16.0 Å². The number of anilines is 2. The second-order valence-electron chi connectivity index (χ2n) is 9.89. The van der Waals surface area contributed by atoms with Crippen molar-refractivity contribution in [2.24, 2.45) is 22.2 Å². The first kappa shape index (κ1) is 36.1. The number of nitrogens with two attached hydrogens (primary N) is 3. The molecule has 2 amide bonds. The van der Waals surface area contributed by atoms with Gasteiger partial charge < -0.3 is 38.3 Å². The number of nitrogens with one attached hydrogen (secondary N) is 3. The number of aryl methyl sites for hydroxylation is 1. The summed E-state index contributed by atoms with van der Waals surface area (Å²) in [4.78, 5) is 46.0. The second-order valence-corrected chi connectivity index (χ2v) is 10.3. The SMILES string of the molecule is CCc1cc(Nc2nccn3c(-c4ccc(Cl)c(F)c4F)cnc23)ccc1C(=O)NCCNC(=O)C(N)CCCN=C(N)N.O=CO. The van der Waals surface area contributed by atoms with E-state index >= 15 is 0 Å². The summed E-state index contributed by atoms with van der Waals surface area (Å²) >= 11 is 5.70. The summed E-state index contributed by atoms with van der Waals surface area (Å²) in [6.07, 6.45) is 6.06. The summed E-state index contributed by atoms with van der Waals surface area (Å²) in [5.74, 6) is -2.47. The Morgan fingerprint density at radius 2 is 1.85 bits per heavy atom. The van der Waals surface area contributed by atoms with Crippen LogP contribution in [-0.4, -0.2) is 69.4 Å². The number of fused-ring (bicyclic) bond motifs is 1. The minimum atomic E-state index is -1.14. The van der Waals surface area contributed by atoms with Crippen LogP contribution in [0.1, 0.15) is 35.7 Å². The van der Waals surface area contributed by atoms with Crippen molar-refractivity contribution in [1.29, 1.82) is 0 Å². The van der Waals surface area contributed by atoms with Crippen molar-refractivity contribution in [3.8, 4) is 11.3 Å². The molecule has 0 aliphatic rings. The van der Waals surface area contributed by atoms with Crippen molar-refractivity contribution >= 4 is 53.0 Å². The van der Waals surface area contributed by atoms with Gasteiger partial charge >= 0.3 is 0 Å². The number of carbonyl (C=O) groups excluding carboxylic acids is 2. The number of aliphatic imine (C=N–C) groups is 1. The molecule has 1 unspecified atom stereocenters. The zero-order chi connectivity index (χ0) is 34.5. The maximum absolute atomic E-state index is 14.6. The van der Waals surface area contributed by atoms with Gasteiger partial charge in [-0.1, -0.05) is 18.5 Å². The van der Waals surface area contributed by atoms with E-state index in [0.29, 0.717) is 54.2 Å². The van der Waals surface area contributed by atoms with Gasteiger partial charge in [0.25, 0.3) is 12.4 Å². The molecule has 0 fully saturated rings. The molecular weight excluding hydrogens is 638 g/mol. The van der Waals surface area contributed by atoms with Crippen molar-refractivity contribution < 1.29 is 28.3 Å². The van der Waals surface area contributed by atoms with Gasteiger partial charge in [0.05, 0.1) is 23.0 Å². The van der Waals surface area contributed by atoms with Gasteiger partial charge in [0.1, 0.15) is 0 Å². The molecule has 0 aliphatic carbocycles. The zero-order valence-electron chi connectivity index (χ0n) is 25.3. The number of benzene rings is 2. The molecule has 0 saturated heterocycles. The molecule has 2 aromatic carbocycles. The molecule has 0 aliphatic heterocycles. The Bertz CT molecular complexity index is 1750. The van der Waals surface area contributed by atoms with Gasteiger partial charge in [0, 0.05) is 48.8 Å². The molecule has 47 heavy (non-hydrogen) atoms. The first-order valence-corrected chi connectivity index (χ1v) is 14.7. The van der Waals surface area contributed by atoms with Gasteiger partial charge in [-0.15, -0.1) is 0 Å². The molecule has 250 valence electrons. The third-order valence-electron chi connectivity index (χ3n) is 6.75. The van der Waals surface area contributed by atoms with Crippen LogP contribution < -0.4 is 33.2 Å². The van der Waals surface area contributed by atoms with Crippen molar-refractivity contribution in [3.63, 3.8) is 0 Å². The highest BCUT2D eigenvalue weighted by molar-refractivity contribution is 6.30. The molecule has 0 radical (unpaired) electrons. The standard InChI is InChI=1S/C29H33ClF2N10O2.CH2O2/c1-2-16-14-17(5-6-18(16)27(43)37-10-11-38-28(44)21(33)4-3-9-39-29(34)35)41-25-26-40-15-22(42(26)13-12-36-25)19-7-8-20(30)24(32)23(19)31;2-1-3/h5-8,12-15,21H,2-4,9-11,33H2,1H3,(H,36,41)(H,37,43)(H,38,44)(H4,34,35,39);1H,(H,2,3). The fourth-order valence-electron chi connectivity index (χ4n) is 4.49. The van der Waals surface area contributed by atoms with Gasteiger partial charge in [0.15, 0.2) is 29.1 Å². The fourth-order valence-corrected chi connectivity index (χ4v) is 4.64. The largest absolute Gasteiger partial charge is 0.483 e. The van der Waals surface area contributed by atoms with Gasteiger partial charge in [-0.25, -0.2) is 18.7 Å². The van der Waals surface area contributed by atoms with Gasteiger partial charge in [0.2, 0.25) is 5.91 Å². The first-order chi connectivity index (χ1) is 22.5. The molecule has 2 aromatic heterocycles. The number of carbonyl (C=O) groups is 3. The fraction of sp³-hybridized carbons (Fsp3) is 0.267. The molecular formula is C30H35ClF2N10O4. The second kappa shape index (κ2) is 17.4. The molecule has 10 N–H and O–H groups in total. The quantitative estimate of drug-likeness (QED) is 0.0361. The predicted octanol–water partition coefficient (Wildman–Crippen LogP) is 2.56. The van der Waals surface area contributed by atoms with Crippen LogP contribution >= 0.6 is 11.6 Å². The number of halogens is 3. The maximum atomic E-state index is 14.6. The van der Waals surface area contributed by atoms with Crippen LogP contribution in [0.15, 0.2) is 53.9 Å². The number of rotatable bonds is 13. The number of guanidine groups is 1. The van der Waals surface area contributed by atoms with E-state index in [1.54, 1.807) is 22.7 Å². The number of imidazole rings is 1. The average molecular weight is 673 g/mol. The molecule has 4 rings (SSSR count). The zero-order valence-corrected chi connectivity index (χ0v) is 26.1. The minimum Gasteiger partial charge on any atom is -0.483 e. The number of aromatic nitrogens is 3. The van der Waals surface area contributed by atoms with E-state index in [2.05, 4.69) is 30.9 Å². The first-order valence-electron chi connectivity index (χ1n) is 14.3. The Hall–Kier alpha value is -5.35. The van der Waals surface area contributed by atoms with Crippen LogP contribution in [0.5, 0.6) is 0 Å². The maximum Gasteiger partial charge on any atom is 0.290 e. The highest BCUT2D eigenvalue weighted by atomic mass is 35.5. The van der Waals surface area contributed by atoms with E-state index < -0.39 is 17.7 Å². The van der Waals surface area contributed by atoms with Crippen LogP contribution in [0.2, 0.25) is 5.02 Å². The van der Waals surface area contributed by atoms with E-state index in [4.69, 9.17) is 38.7 Å². The van der Waals surface area contributed by atoms with E-state index in [1.807, 2.05) is 13.0 Å². The number of carboxylic acid groups (broad SMARTS) is 1. The van der Waals surface area contributed by atoms with Crippen LogP contribution in [0, 0.1) is 11.6 Å². The average Bonchev–Trinajstić information content (AvgIpc) is 3.49. The van der Waals surface area contributed by atoms with E-state index in [9.17, 15) is 18.4 Å². The lowest BCUT2D eigenvalue weighted by molar-refractivity contribution is -0.123. The molecule has 0 bridgehead atoms. The molecule has 17 heteroatoms. The summed E-state index contributed by atoms with van der Waals surface area (Å²) < 4.78 is 30.3. The summed E-state index contributed by atoms with van der Waals surface area (Å²) in [5.41, 5.74) is 19.0. The number of hydrogen-bond donors (Lipinski definition) is 7.